The van der Waals surface area contributed by atoms with Crippen LogP contribution >= 0.6 is 23.1 Å². The summed E-state index contributed by atoms with van der Waals surface area (Å²) in [6, 6.07) is 21.3. The van der Waals surface area contributed by atoms with E-state index in [1.807, 2.05) is 83.7 Å². The number of hydrogen-bond donors (Lipinski definition) is 1. The molecular formula is C23H17N5OS2. The minimum atomic E-state index is -0.162. The Balaban J connectivity index is 1.42. The average molecular weight is 444 g/mol. The van der Waals surface area contributed by atoms with Crippen LogP contribution in [0.4, 0.5) is 5.69 Å². The second-order valence-electron chi connectivity index (χ2n) is 6.85. The summed E-state index contributed by atoms with van der Waals surface area (Å²) in [7, 11) is 1.90. The number of aryl methyl sites for hydroxylation is 1. The lowest BCUT2D eigenvalue weighted by atomic mass is 10.1. The molecule has 31 heavy (non-hydrogen) atoms. The van der Waals surface area contributed by atoms with Gasteiger partial charge in [0.05, 0.1) is 21.7 Å². The van der Waals surface area contributed by atoms with Crippen LogP contribution in [0.25, 0.3) is 21.5 Å². The van der Waals surface area contributed by atoms with E-state index >= 15 is 0 Å². The van der Waals surface area contributed by atoms with Gasteiger partial charge in [0.25, 0.3) is 5.91 Å². The summed E-state index contributed by atoms with van der Waals surface area (Å²) in [6.45, 7) is 0. The van der Waals surface area contributed by atoms with Crippen molar-refractivity contribution >= 4 is 45.6 Å². The number of hydrogen-bond acceptors (Lipinski definition) is 6. The first kappa shape index (κ1) is 19.5. The largest absolute Gasteiger partial charge is 0.322 e. The minimum Gasteiger partial charge on any atom is -0.322 e. The number of carbonyl (C=O) groups excluding carboxylic acids is 1. The number of pyridine rings is 1. The fourth-order valence-electron chi connectivity index (χ4n) is 3.19. The topological polar surface area (TPSA) is 72.7 Å². The highest BCUT2D eigenvalue weighted by atomic mass is 32.2. The molecular weight excluding hydrogens is 426 g/mol. The highest BCUT2D eigenvalue weighted by Gasteiger charge is 2.15. The van der Waals surface area contributed by atoms with Crippen LogP contribution in [0.2, 0.25) is 0 Å². The van der Waals surface area contributed by atoms with Gasteiger partial charge in [0.2, 0.25) is 0 Å². The van der Waals surface area contributed by atoms with Gasteiger partial charge in [-0.1, -0.05) is 24.3 Å². The van der Waals surface area contributed by atoms with Gasteiger partial charge in [0, 0.05) is 23.0 Å². The number of rotatable bonds is 5. The van der Waals surface area contributed by atoms with E-state index in [9.17, 15) is 4.79 Å². The first-order valence-corrected chi connectivity index (χ1v) is 11.2. The van der Waals surface area contributed by atoms with Crippen molar-refractivity contribution in [1.82, 2.24) is 19.7 Å². The zero-order chi connectivity index (χ0) is 21.2. The molecule has 1 amide bonds. The zero-order valence-electron chi connectivity index (χ0n) is 16.5. The summed E-state index contributed by atoms with van der Waals surface area (Å²) in [5.74, 6) is -0.162. The van der Waals surface area contributed by atoms with Gasteiger partial charge in [-0.05, 0) is 59.6 Å². The molecule has 0 saturated heterocycles. The van der Waals surface area contributed by atoms with Gasteiger partial charge in [-0.25, -0.2) is 4.98 Å². The molecule has 6 nitrogen and oxygen atoms in total. The van der Waals surface area contributed by atoms with Crippen molar-refractivity contribution in [3.05, 3.63) is 84.0 Å². The average Bonchev–Trinajstić information content (AvgIpc) is 3.47. The van der Waals surface area contributed by atoms with Crippen LogP contribution in [0.5, 0.6) is 0 Å². The summed E-state index contributed by atoms with van der Waals surface area (Å²) in [6.07, 6.45) is 1.67. The van der Waals surface area contributed by atoms with Crippen molar-refractivity contribution in [3.8, 4) is 10.6 Å². The smallest absolute Gasteiger partial charge is 0.256 e. The van der Waals surface area contributed by atoms with E-state index in [0.29, 0.717) is 5.56 Å². The SMILES string of the molecule is Cn1cnnc1Sc1ccc(NC(=O)c2cc(-c3cccs3)nc3ccccc23)cc1. The van der Waals surface area contributed by atoms with Crippen molar-refractivity contribution < 1.29 is 4.79 Å². The van der Waals surface area contributed by atoms with Crippen LogP contribution < -0.4 is 5.32 Å². The van der Waals surface area contributed by atoms with Crippen LogP contribution in [0, 0.1) is 0 Å². The summed E-state index contributed by atoms with van der Waals surface area (Å²) < 4.78 is 1.86. The first-order valence-electron chi connectivity index (χ1n) is 9.54. The van der Waals surface area contributed by atoms with Gasteiger partial charge in [-0.2, -0.15) is 0 Å². The van der Waals surface area contributed by atoms with E-state index in [4.69, 9.17) is 4.98 Å². The van der Waals surface area contributed by atoms with E-state index in [2.05, 4.69) is 15.5 Å². The number of amides is 1. The van der Waals surface area contributed by atoms with Crippen molar-refractivity contribution in [2.24, 2.45) is 7.05 Å². The molecule has 8 heteroatoms. The van der Waals surface area contributed by atoms with Crippen LogP contribution in [0.1, 0.15) is 10.4 Å². The fraction of sp³-hybridized carbons (Fsp3) is 0.0435. The number of fused-ring (bicyclic) bond motifs is 1. The Morgan fingerprint density at radius 1 is 1.06 bits per heavy atom. The van der Waals surface area contributed by atoms with Crippen LogP contribution in [0.3, 0.4) is 0 Å². The maximum atomic E-state index is 13.2. The number of carbonyl (C=O) groups is 1. The molecule has 0 aliphatic heterocycles. The van der Waals surface area contributed by atoms with E-state index in [0.717, 1.165) is 37.2 Å². The van der Waals surface area contributed by atoms with Crippen LogP contribution in [-0.4, -0.2) is 25.7 Å². The molecule has 0 spiro atoms. The third-order valence-electron chi connectivity index (χ3n) is 4.73. The molecule has 5 aromatic rings. The van der Waals surface area contributed by atoms with Gasteiger partial charge in [-0.15, -0.1) is 21.5 Å². The molecule has 1 N–H and O–H groups in total. The fourth-order valence-corrected chi connectivity index (χ4v) is 4.64. The van der Waals surface area contributed by atoms with Crippen molar-refractivity contribution in [3.63, 3.8) is 0 Å². The second kappa shape index (κ2) is 8.33. The molecule has 0 unspecified atom stereocenters. The Morgan fingerprint density at radius 3 is 2.65 bits per heavy atom. The van der Waals surface area contributed by atoms with E-state index in [1.54, 1.807) is 17.7 Å². The summed E-state index contributed by atoms with van der Waals surface area (Å²) in [5, 5.41) is 14.6. The molecule has 0 fully saturated rings. The lowest BCUT2D eigenvalue weighted by Crippen LogP contribution is -2.13. The van der Waals surface area contributed by atoms with E-state index < -0.39 is 0 Å². The number of nitrogens with zero attached hydrogens (tertiary/aromatic N) is 4. The number of aromatic nitrogens is 4. The Labute approximate surface area is 187 Å². The lowest BCUT2D eigenvalue weighted by Gasteiger charge is -2.10. The Bertz CT molecular complexity index is 1360. The molecule has 152 valence electrons. The predicted molar refractivity (Wildman–Crippen MR) is 125 cm³/mol. The zero-order valence-corrected chi connectivity index (χ0v) is 18.2. The third-order valence-corrected chi connectivity index (χ3v) is 6.68. The van der Waals surface area contributed by atoms with Gasteiger partial charge >= 0.3 is 0 Å². The number of nitrogens with one attached hydrogen (secondary N) is 1. The minimum absolute atomic E-state index is 0.162. The van der Waals surface area contributed by atoms with Gasteiger partial charge in [-0.3, -0.25) is 4.79 Å². The van der Waals surface area contributed by atoms with Crippen LogP contribution in [0.15, 0.2) is 88.5 Å². The number of para-hydroxylation sites is 1. The molecule has 0 saturated carbocycles. The number of benzene rings is 2. The maximum Gasteiger partial charge on any atom is 0.256 e. The normalized spacial score (nSPS) is 11.0. The molecule has 3 aromatic heterocycles. The quantitative estimate of drug-likeness (QED) is 0.389. The van der Waals surface area contributed by atoms with Crippen molar-refractivity contribution in [1.29, 1.82) is 0 Å². The molecule has 0 aliphatic rings. The molecule has 0 aliphatic carbocycles. The van der Waals surface area contributed by atoms with Crippen molar-refractivity contribution in [2.45, 2.75) is 10.1 Å². The highest BCUT2D eigenvalue weighted by Crippen LogP contribution is 2.29. The maximum absolute atomic E-state index is 13.2. The van der Waals surface area contributed by atoms with Crippen LogP contribution in [-0.2, 0) is 7.05 Å². The summed E-state index contributed by atoms with van der Waals surface area (Å²) in [4.78, 5) is 20.0. The van der Waals surface area contributed by atoms with Crippen molar-refractivity contribution in [2.75, 3.05) is 5.32 Å². The summed E-state index contributed by atoms with van der Waals surface area (Å²) >= 11 is 3.12. The predicted octanol–water partition coefficient (Wildman–Crippen LogP) is 5.50. The van der Waals surface area contributed by atoms with E-state index in [-0.39, 0.29) is 5.91 Å². The van der Waals surface area contributed by atoms with Gasteiger partial charge in [0.15, 0.2) is 5.16 Å². The van der Waals surface area contributed by atoms with Gasteiger partial charge < -0.3 is 9.88 Å². The Hall–Kier alpha value is -3.49. The lowest BCUT2D eigenvalue weighted by molar-refractivity contribution is 0.102. The van der Waals surface area contributed by atoms with E-state index in [1.165, 1.54) is 11.8 Å². The Kier molecular flexibility index (Phi) is 5.23. The molecule has 2 aromatic carbocycles. The van der Waals surface area contributed by atoms with Gasteiger partial charge in [0.1, 0.15) is 6.33 Å². The standard InChI is InChI=1S/C23H17N5OS2/c1-28-14-24-27-23(28)31-16-10-8-15(9-11-16)25-22(29)18-13-20(21-7-4-12-30-21)26-19-6-3-2-5-17(18)19/h2-14H,1H3,(H,25,29). The first-order chi connectivity index (χ1) is 15.2. The molecule has 5 rings (SSSR count). The molecule has 0 bridgehead atoms. The number of anilines is 1. The molecule has 0 radical (unpaired) electrons. The monoisotopic (exact) mass is 443 g/mol. The highest BCUT2D eigenvalue weighted by molar-refractivity contribution is 7.99. The number of thiophene rings is 1. The second-order valence-corrected chi connectivity index (χ2v) is 8.84. The summed E-state index contributed by atoms with van der Waals surface area (Å²) in [5.41, 5.74) is 2.93. The molecule has 3 heterocycles. The molecule has 0 atom stereocenters. The Morgan fingerprint density at radius 2 is 1.90 bits per heavy atom. The third kappa shape index (κ3) is 4.08.